The molecule has 12 nitrogen and oxygen atoms in total. The van der Waals surface area contributed by atoms with Crippen LogP contribution in [-0.4, -0.2) is 65.0 Å². The van der Waals surface area contributed by atoms with E-state index in [4.69, 9.17) is 4.84 Å². The zero-order valence-corrected chi connectivity index (χ0v) is 23.8. The second-order valence-electron chi connectivity index (χ2n) is 11.5. The van der Waals surface area contributed by atoms with Crippen molar-refractivity contribution in [1.29, 1.82) is 0 Å². The van der Waals surface area contributed by atoms with Crippen LogP contribution in [0.3, 0.4) is 0 Å². The van der Waals surface area contributed by atoms with E-state index in [1.54, 1.807) is 28.1 Å². The Morgan fingerprint density at radius 1 is 1.02 bits per heavy atom. The Hall–Kier alpha value is -4.84. The first-order chi connectivity index (χ1) is 20.2. The maximum atomic E-state index is 13.0. The van der Waals surface area contributed by atoms with Gasteiger partial charge in [0.15, 0.2) is 0 Å². The molecule has 0 spiro atoms. The second kappa shape index (κ2) is 11.2. The van der Waals surface area contributed by atoms with Crippen LogP contribution >= 0.6 is 0 Å². The van der Waals surface area contributed by atoms with Gasteiger partial charge in [0.2, 0.25) is 0 Å². The second-order valence-corrected chi connectivity index (χ2v) is 11.5. The topological polar surface area (TPSA) is 136 Å². The van der Waals surface area contributed by atoms with Gasteiger partial charge < -0.3 is 10.2 Å². The SMILES string of the molecule is CC(C)(C)C(=O)ON1CCCC(n2cc(NC(=O)c3ccc(-n4cc(-c5n[nH]c6ccccc56)nn4)cc3)cn2)CC1. The van der Waals surface area contributed by atoms with Crippen molar-refractivity contribution in [3.8, 4) is 17.1 Å². The van der Waals surface area contributed by atoms with Crippen molar-refractivity contribution in [1.82, 2.24) is 40.0 Å². The van der Waals surface area contributed by atoms with Gasteiger partial charge in [0.25, 0.3) is 5.91 Å². The van der Waals surface area contributed by atoms with Crippen LogP contribution in [0.15, 0.2) is 67.1 Å². The molecule has 1 atom stereocenters. The van der Waals surface area contributed by atoms with Gasteiger partial charge in [-0.05, 0) is 70.4 Å². The monoisotopic (exact) mass is 567 g/mol. The minimum atomic E-state index is -0.544. The molecule has 42 heavy (non-hydrogen) atoms. The molecular weight excluding hydrogens is 534 g/mol. The predicted octanol–water partition coefficient (Wildman–Crippen LogP) is 4.79. The van der Waals surface area contributed by atoms with Crippen LogP contribution in [0.25, 0.3) is 28.0 Å². The molecule has 2 aromatic carbocycles. The molecule has 12 heteroatoms. The molecule has 1 amide bonds. The standard InChI is InChI=1S/C30H33N9O3/c1-30(2,3)29(41)42-37-15-6-7-22(14-16-37)38-18-21(17-31-38)32-28(40)20-10-12-23(13-11-20)39-19-26(34-36-39)27-24-8-4-5-9-25(24)33-35-27/h4-5,8-13,17-19,22H,6-7,14-16H2,1-3H3,(H,32,40)(H,33,35). The molecule has 2 N–H and O–H groups in total. The highest BCUT2D eigenvalue weighted by molar-refractivity contribution is 6.04. The third-order valence-electron chi connectivity index (χ3n) is 7.31. The highest BCUT2D eigenvalue weighted by Crippen LogP contribution is 2.26. The first kappa shape index (κ1) is 27.3. The number of fused-ring (bicyclic) bond motifs is 1. The molecule has 1 saturated heterocycles. The fraction of sp³-hybridized carbons (Fsp3) is 0.333. The smallest absolute Gasteiger partial charge is 0.330 e. The number of carbonyl (C=O) groups excluding carboxylic acids is 2. The Kier molecular flexibility index (Phi) is 7.29. The third kappa shape index (κ3) is 5.79. The number of H-pyrrole nitrogens is 1. The van der Waals surface area contributed by atoms with Gasteiger partial charge >= 0.3 is 5.97 Å². The fourth-order valence-corrected chi connectivity index (χ4v) is 4.89. The lowest BCUT2D eigenvalue weighted by Crippen LogP contribution is -2.34. The number of nitrogens with one attached hydrogen (secondary N) is 2. The molecule has 1 aliphatic heterocycles. The zero-order chi connectivity index (χ0) is 29.3. The Balaban J connectivity index is 1.06. The molecule has 0 radical (unpaired) electrons. The van der Waals surface area contributed by atoms with Gasteiger partial charge in [0, 0.05) is 30.2 Å². The van der Waals surface area contributed by atoms with E-state index in [0.29, 0.717) is 30.0 Å². The number of aromatic amines is 1. The van der Waals surface area contributed by atoms with Crippen LogP contribution in [-0.2, 0) is 9.63 Å². The van der Waals surface area contributed by atoms with Crippen molar-refractivity contribution < 1.29 is 14.4 Å². The van der Waals surface area contributed by atoms with E-state index >= 15 is 0 Å². The van der Waals surface area contributed by atoms with Gasteiger partial charge in [0.05, 0.1) is 40.7 Å². The summed E-state index contributed by atoms with van der Waals surface area (Å²) >= 11 is 0. The van der Waals surface area contributed by atoms with Gasteiger partial charge in [-0.2, -0.15) is 10.2 Å². The number of para-hydroxylation sites is 1. The number of anilines is 1. The number of aromatic nitrogens is 7. The lowest BCUT2D eigenvalue weighted by atomic mass is 9.98. The number of rotatable bonds is 6. The summed E-state index contributed by atoms with van der Waals surface area (Å²) in [5.74, 6) is -0.462. The van der Waals surface area contributed by atoms with Gasteiger partial charge in [-0.1, -0.05) is 23.4 Å². The van der Waals surface area contributed by atoms with E-state index in [0.717, 1.165) is 41.5 Å². The normalized spacial score (nSPS) is 16.3. The number of benzene rings is 2. The van der Waals surface area contributed by atoms with Crippen molar-refractivity contribution in [3.63, 3.8) is 0 Å². The van der Waals surface area contributed by atoms with Gasteiger partial charge in [-0.25, -0.2) is 9.48 Å². The molecule has 0 saturated carbocycles. The highest BCUT2D eigenvalue weighted by Gasteiger charge is 2.28. The van der Waals surface area contributed by atoms with Crippen LogP contribution in [0.4, 0.5) is 5.69 Å². The lowest BCUT2D eigenvalue weighted by molar-refractivity contribution is -0.200. The summed E-state index contributed by atoms with van der Waals surface area (Å²) in [5.41, 5.74) is 3.68. The predicted molar refractivity (Wildman–Crippen MR) is 157 cm³/mol. The fourth-order valence-electron chi connectivity index (χ4n) is 4.89. The largest absolute Gasteiger partial charge is 0.367 e. The number of hydrogen-bond donors (Lipinski definition) is 2. The van der Waals surface area contributed by atoms with Crippen LogP contribution in [0, 0.1) is 5.41 Å². The minimum Gasteiger partial charge on any atom is -0.367 e. The van der Waals surface area contributed by atoms with E-state index in [1.807, 2.05) is 74.2 Å². The molecule has 1 unspecified atom stereocenters. The summed E-state index contributed by atoms with van der Waals surface area (Å²) in [6.45, 7) is 6.86. The van der Waals surface area contributed by atoms with E-state index in [2.05, 4.69) is 30.9 Å². The van der Waals surface area contributed by atoms with E-state index in [9.17, 15) is 9.59 Å². The molecule has 216 valence electrons. The third-order valence-corrected chi connectivity index (χ3v) is 7.31. The number of nitrogens with zero attached hydrogens (tertiary/aromatic N) is 7. The summed E-state index contributed by atoms with van der Waals surface area (Å²) < 4.78 is 3.54. The van der Waals surface area contributed by atoms with Crippen molar-refractivity contribution in [2.24, 2.45) is 5.41 Å². The zero-order valence-electron chi connectivity index (χ0n) is 23.8. The molecule has 1 fully saturated rings. The maximum absolute atomic E-state index is 13.0. The molecule has 1 aliphatic rings. The summed E-state index contributed by atoms with van der Waals surface area (Å²) in [6, 6.07) is 15.2. The number of carbonyl (C=O) groups is 2. The van der Waals surface area contributed by atoms with Gasteiger partial charge in [-0.15, -0.1) is 10.2 Å². The molecule has 6 rings (SSSR count). The summed E-state index contributed by atoms with van der Waals surface area (Å²) in [4.78, 5) is 30.8. The number of amides is 1. The first-order valence-electron chi connectivity index (χ1n) is 14.0. The van der Waals surface area contributed by atoms with Crippen LogP contribution in [0.5, 0.6) is 0 Å². The van der Waals surface area contributed by atoms with Crippen LogP contribution in [0.2, 0.25) is 0 Å². The highest BCUT2D eigenvalue weighted by atomic mass is 16.7. The average molecular weight is 568 g/mol. The Labute approximate surface area is 242 Å². The van der Waals surface area contributed by atoms with Gasteiger partial charge in [-0.3, -0.25) is 14.6 Å². The summed E-state index contributed by atoms with van der Waals surface area (Å²) in [5, 5.41) is 26.1. The minimum absolute atomic E-state index is 0.153. The first-order valence-corrected chi connectivity index (χ1v) is 14.0. The maximum Gasteiger partial charge on any atom is 0.330 e. The number of hydroxylamine groups is 2. The van der Waals surface area contributed by atoms with Crippen molar-refractivity contribution in [2.75, 3.05) is 18.4 Å². The summed E-state index contributed by atoms with van der Waals surface area (Å²) in [7, 11) is 0. The van der Waals surface area contributed by atoms with Gasteiger partial charge in [0.1, 0.15) is 11.4 Å². The van der Waals surface area contributed by atoms with Crippen molar-refractivity contribution >= 4 is 28.5 Å². The average Bonchev–Trinajstić information content (AvgIpc) is 3.71. The molecular formula is C30H33N9O3. The lowest BCUT2D eigenvalue weighted by Gasteiger charge is -2.24. The quantitative estimate of drug-likeness (QED) is 0.299. The van der Waals surface area contributed by atoms with E-state index in [-0.39, 0.29) is 17.9 Å². The Morgan fingerprint density at radius 3 is 2.64 bits per heavy atom. The van der Waals surface area contributed by atoms with Crippen molar-refractivity contribution in [2.45, 2.75) is 46.1 Å². The van der Waals surface area contributed by atoms with Crippen molar-refractivity contribution in [3.05, 3.63) is 72.7 Å². The summed E-state index contributed by atoms with van der Waals surface area (Å²) in [6.07, 6.45) is 7.89. The molecule has 4 heterocycles. The van der Waals surface area contributed by atoms with Crippen LogP contribution in [0.1, 0.15) is 56.4 Å². The van der Waals surface area contributed by atoms with E-state index in [1.165, 1.54) is 0 Å². The molecule has 3 aromatic heterocycles. The molecule has 0 aliphatic carbocycles. The molecule has 5 aromatic rings. The number of hydrogen-bond acceptors (Lipinski definition) is 8. The Morgan fingerprint density at radius 2 is 1.83 bits per heavy atom. The molecule has 0 bridgehead atoms. The van der Waals surface area contributed by atoms with E-state index < -0.39 is 5.41 Å². The van der Waals surface area contributed by atoms with Crippen LogP contribution < -0.4 is 5.32 Å². The Bertz CT molecular complexity index is 1710.